The van der Waals surface area contributed by atoms with Gasteiger partial charge in [-0.05, 0) is 38.0 Å². The van der Waals surface area contributed by atoms with Crippen molar-refractivity contribution in [2.45, 2.75) is 30.9 Å². The number of nitrogens with one attached hydrogen (secondary N) is 1. The van der Waals surface area contributed by atoms with Gasteiger partial charge in [-0.15, -0.1) is 10.2 Å². The zero-order chi connectivity index (χ0) is 17.1. The predicted molar refractivity (Wildman–Crippen MR) is 96.8 cm³/mol. The number of carbonyl (C=O) groups is 1. The van der Waals surface area contributed by atoms with Gasteiger partial charge in [0, 0.05) is 5.75 Å². The number of hydrogen-bond donors (Lipinski definition) is 1. The number of anilines is 1. The van der Waals surface area contributed by atoms with E-state index in [1.54, 1.807) is 24.8 Å². The van der Waals surface area contributed by atoms with Crippen LogP contribution >= 0.6 is 23.1 Å². The van der Waals surface area contributed by atoms with Gasteiger partial charge in [-0.1, -0.05) is 47.4 Å². The van der Waals surface area contributed by atoms with Gasteiger partial charge in [0.15, 0.2) is 4.34 Å². The molecule has 0 aliphatic rings. The highest BCUT2D eigenvalue weighted by molar-refractivity contribution is 8.00. The van der Waals surface area contributed by atoms with Gasteiger partial charge in [0.1, 0.15) is 11.5 Å². The lowest BCUT2D eigenvalue weighted by Crippen LogP contribution is -2.11. The Morgan fingerprint density at radius 2 is 2.04 bits per heavy atom. The molecule has 0 bridgehead atoms. The van der Waals surface area contributed by atoms with E-state index in [4.69, 9.17) is 4.42 Å². The minimum absolute atomic E-state index is 0.226. The standard InChI is InChI=1S/C17H17N3O2S2/c1-10-6-4-5-7-13(10)9-23-17-20-19-16(24-17)18-15(21)14-8-11(2)22-12(14)3/h4-8H,9H2,1-3H3,(H,18,19,21). The molecule has 124 valence electrons. The summed E-state index contributed by atoms with van der Waals surface area (Å²) in [6.45, 7) is 5.68. The summed E-state index contributed by atoms with van der Waals surface area (Å²) < 4.78 is 6.21. The van der Waals surface area contributed by atoms with Crippen molar-refractivity contribution in [1.29, 1.82) is 0 Å². The molecule has 0 spiro atoms. The van der Waals surface area contributed by atoms with Crippen LogP contribution in [-0.2, 0) is 5.75 Å². The van der Waals surface area contributed by atoms with Crippen molar-refractivity contribution < 1.29 is 9.21 Å². The maximum absolute atomic E-state index is 12.2. The number of rotatable bonds is 5. The molecule has 0 radical (unpaired) electrons. The Labute approximate surface area is 148 Å². The first-order valence-electron chi connectivity index (χ1n) is 7.42. The SMILES string of the molecule is Cc1cc(C(=O)Nc2nnc(SCc3ccccc3C)s2)c(C)o1. The zero-order valence-electron chi connectivity index (χ0n) is 13.6. The fourth-order valence-electron chi connectivity index (χ4n) is 2.25. The van der Waals surface area contributed by atoms with Gasteiger partial charge in [0.2, 0.25) is 5.13 Å². The third kappa shape index (κ3) is 3.85. The minimum Gasteiger partial charge on any atom is -0.466 e. The first-order valence-corrected chi connectivity index (χ1v) is 9.22. The number of benzene rings is 1. The summed E-state index contributed by atoms with van der Waals surface area (Å²) in [6.07, 6.45) is 0. The Balaban J connectivity index is 1.62. The molecule has 0 saturated carbocycles. The molecular formula is C17H17N3O2S2. The summed E-state index contributed by atoms with van der Waals surface area (Å²) >= 11 is 2.99. The average molecular weight is 359 g/mol. The van der Waals surface area contributed by atoms with E-state index in [0.717, 1.165) is 10.1 Å². The average Bonchev–Trinajstić information content (AvgIpc) is 3.12. The Hall–Kier alpha value is -2.12. The first-order chi connectivity index (χ1) is 11.5. The third-order valence-electron chi connectivity index (χ3n) is 3.52. The molecule has 7 heteroatoms. The largest absolute Gasteiger partial charge is 0.466 e. The highest BCUT2D eigenvalue weighted by atomic mass is 32.2. The molecule has 0 aliphatic carbocycles. The summed E-state index contributed by atoms with van der Waals surface area (Å²) in [5, 5.41) is 11.4. The molecule has 5 nitrogen and oxygen atoms in total. The van der Waals surface area contributed by atoms with Crippen LogP contribution in [0.2, 0.25) is 0 Å². The van der Waals surface area contributed by atoms with Crippen LogP contribution in [0.5, 0.6) is 0 Å². The normalized spacial score (nSPS) is 10.8. The van der Waals surface area contributed by atoms with Gasteiger partial charge >= 0.3 is 0 Å². The lowest BCUT2D eigenvalue weighted by Gasteiger charge is -2.02. The second kappa shape index (κ2) is 7.19. The number of carbonyl (C=O) groups excluding carboxylic acids is 1. The van der Waals surface area contributed by atoms with Gasteiger partial charge in [0.25, 0.3) is 5.91 Å². The Morgan fingerprint density at radius 1 is 1.25 bits per heavy atom. The maximum atomic E-state index is 12.2. The summed E-state index contributed by atoms with van der Waals surface area (Å²) in [5.74, 6) is 1.92. The van der Waals surface area contributed by atoms with E-state index in [0.29, 0.717) is 22.2 Å². The summed E-state index contributed by atoms with van der Waals surface area (Å²) in [7, 11) is 0. The topological polar surface area (TPSA) is 68.0 Å². The number of aryl methyl sites for hydroxylation is 3. The van der Waals surface area contributed by atoms with Crippen LogP contribution in [0.3, 0.4) is 0 Å². The predicted octanol–water partition coefficient (Wildman–Crippen LogP) is 4.60. The fraction of sp³-hybridized carbons (Fsp3) is 0.235. The monoisotopic (exact) mass is 359 g/mol. The molecule has 0 unspecified atom stereocenters. The van der Waals surface area contributed by atoms with Crippen LogP contribution < -0.4 is 5.32 Å². The van der Waals surface area contributed by atoms with Crippen molar-refractivity contribution in [2.75, 3.05) is 5.32 Å². The van der Waals surface area contributed by atoms with Crippen molar-refractivity contribution in [1.82, 2.24) is 10.2 Å². The van der Waals surface area contributed by atoms with Crippen LogP contribution in [0, 0.1) is 20.8 Å². The number of amides is 1. The molecule has 0 saturated heterocycles. The molecular weight excluding hydrogens is 342 g/mol. The summed E-state index contributed by atoms with van der Waals surface area (Å²) in [4.78, 5) is 12.2. The Kier molecular flexibility index (Phi) is 5.01. The van der Waals surface area contributed by atoms with E-state index in [-0.39, 0.29) is 5.91 Å². The molecule has 0 fully saturated rings. The maximum Gasteiger partial charge on any atom is 0.261 e. The second-order valence-electron chi connectivity index (χ2n) is 5.37. The molecule has 3 rings (SSSR count). The highest BCUT2D eigenvalue weighted by Crippen LogP contribution is 2.29. The second-order valence-corrected chi connectivity index (χ2v) is 7.57. The van der Waals surface area contributed by atoms with Crippen molar-refractivity contribution in [3.8, 4) is 0 Å². The molecule has 3 aromatic rings. The van der Waals surface area contributed by atoms with E-state index < -0.39 is 0 Å². The number of nitrogens with zero attached hydrogens (tertiary/aromatic N) is 2. The van der Waals surface area contributed by atoms with Gasteiger partial charge in [-0.2, -0.15) is 0 Å². The van der Waals surface area contributed by atoms with E-state index >= 15 is 0 Å². The van der Waals surface area contributed by atoms with Crippen LogP contribution in [0.4, 0.5) is 5.13 Å². The van der Waals surface area contributed by atoms with Gasteiger partial charge in [0.05, 0.1) is 5.56 Å². The van der Waals surface area contributed by atoms with Gasteiger partial charge in [-0.3, -0.25) is 10.1 Å². The quantitative estimate of drug-likeness (QED) is 0.532. The molecule has 1 amide bonds. The lowest BCUT2D eigenvalue weighted by atomic mass is 10.1. The van der Waals surface area contributed by atoms with Crippen LogP contribution in [0.1, 0.15) is 33.0 Å². The number of thioether (sulfide) groups is 1. The summed E-state index contributed by atoms with van der Waals surface area (Å²) in [6, 6.07) is 9.98. The minimum atomic E-state index is -0.226. The molecule has 1 aromatic carbocycles. The number of furan rings is 1. The van der Waals surface area contributed by atoms with E-state index in [1.165, 1.54) is 22.5 Å². The van der Waals surface area contributed by atoms with E-state index in [2.05, 4.69) is 34.6 Å². The molecule has 1 N–H and O–H groups in total. The van der Waals surface area contributed by atoms with Crippen molar-refractivity contribution in [3.63, 3.8) is 0 Å². The molecule has 0 aliphatic heterocycles. The smallest absolute Gasteiger partial charge is 0.261 e. The number of aromatic nitrogens is 2. The lowest BCUT2D eigenvalue weighted by molar-refractivity contribution is 0.102. The zero-order valence-corrected chi connectivity index (χ0v) is 15.3. The summed E-state index contributed by atoms with van der Waals surface area (Å²) in [5.41, 5.74) is 3.05. The van der Waals surface area contributed by atoms with E-state index in [9.17, 15) is 4.79 Å². The first kappa shape index (κ1) is 16.7. The van der Waals surface area contributed by atoms with Crippen molar-refractivity contribution in [3.05, 3.63) is 58.5 Å². The van der Waals surface area contributed by atoms with Gasteiger partial charge < -0.3 is 4.42 Å². The van der Waals surface area contributed by atoms with Crippen molar-refractivity contribution in [2.24, 2.45) is 0 Å². The van der Waals surface area contributed by atoms with Crippen LogP contribution in [0.25, 0.3) is 0 Å². The third-order valence-corrected chi connectivity index (χ3v) is 5.55. The van der Waals surface area contributed by atoms with E-state index in [1.807, 2.05) is 19.1 Å². The highest BCUT2D eigenvalue weighted by Gasteiger charge is 2.16. The van der Waals surface area contributed by atoms with Crippen LogP contribution in [-0.4, -0.2) is 16.1 Å². The fourth-order valence-corrected chi connectivity index (χ4v) is 4.07. The molecule has 2 heterocycles. The Bertz CT molecular complexity index is 870. The number of hydrogen-bond acceptors (Lipinski definition) is 6. The molecule has 0 atom stereocenters. The molecule has 2 aromatic heterocycles. The van der Waals surface area contributed by atoms with Crippen LogP contribution in [0.15, 0.2) is 39.1 Å². The van der Waals surface area contributed by atoms with Gasteiger partial charge in [-0.25, -0.2) is 0 Å². The molecule has 24 heavy (non-hydrogen) atoms. The Morgan fingerprint density at radius 3 is 2.75 bits per heavy atom. The van der Waals surface area contributed by atoms with Crippen molar-refractivity contribution >= 4 is 34.1 Å².